The highest BCUT2D eigenvalue weighted by atomic mass is 16.8. The van der Waals surface area contributed by atoms with Crippen molar-refractivity contribution in [2.45, 2.75) is 39.8 Å². The van der Waals surface area contributed by atoms with E-state index in [1.54, 1.807) is 27.3 Å². The largest absolute Gasteiger partial charge is 0.329 e. The molecule has 1 aromatic heterocycles. The predicted molar refractivity (Wildman–Crippen MR) is 77.3 cm³/mol. The van der Waals surface area contributed by atoms with Crippen molar-refractivity contribution in [2.75, 3.05) is 7.11 Å². The van der Waals surface area contributed by atoms with Gasteiger partial charge in [-0.1, -0.05) is 0 Å². The van der Waals surface area contributed by atoms with Crippen molar-refractivity contribution in [3.63, 3.8) is 0 Å². The van der Waals surface area contributed by atoms with E-state index in [4.69, 9.17) is 0 Å². The molecule has 0 saturated carbocycles. The smallest absolute Gasteiger partial charge is 0.289 e. The van der Waals surface area contributed by atoms with Crippen LogP contribution in [0.15, 0.2) is 23.0 Å². The molecule has 0 aliphatic rings. The summed E-state index contributed by atoms with van der Waals surface area (Å²) >= 11 is 0. The molecule has 0 amide bonds. The lowest BCUT2D eigenvalue weighted by Gasteiger charge is -2.07. The topological polar surface area (TPSA) is 56.2 Å². The number of benzene rings is 1. The van der Waals surface area contributed by atoms with Gasteiger partial charge in [0.05, 0.1) is 15.9 Å². The fourth-order valence-corrected chi connectivity index (χ4v) is 2.45. The Bertz CT molecular complexity index is 710. The number of fused-ring (bicyclic) bond motifs is 1. The SMILES string of the molecule is CO[N+](=O)c1ccc2c(c1)n(C(C)C)c(=O)n2C(C)C. The average Bonchev–Trinajstić information content (AvgIpc) is 2.68. The molecule has 1 aromatic carbocycles. The van der Waals surface area contributed by atoms with Crippen molar-refractivity contribution in [3.05, 3.63) is 33.6 Å². The van der Waals surface area contributed by atoms with Crippen LogP contribution in [-0.4, -0.2) is 21.2 Å². The number of hydrogen-bond acceptors (Lipinski definition) is 3. The third-order valence-electron chi connectivity index (χ3n) is 3.30. The van der Waals surface area contributed by atoms with Gasteiger partial charge < -0.3 is 0 Å². The number of hydrogen-bond donors (Lipinski definition) is 0. The van der Waals surface area contributed by atoms with E-state index in [2.05, 4.69) is 4.84 Å². The molecule has 2 aromatic rings. The van der Waals surface area contributed by atoms with E-state index in [-0.39, 0.29) is 17.8 Å². The maximum absolute atomic E-state index is 12.5. The molecule has 0 spiro atoms. The van der Waals surface area contributed by atoms with Crippen molar-refractivity contribution in [2.24, 2.45) is 0 Å². The molecule has 0 N–H and O–H groups in total. The van der Waals surface area contributed by atoms with Crippen LogP contribution >= 0.6 is 0 Å². The van der Waals surface area contributed by atoms with Crippen LogP contribution in [0.5, 0.6) is 0 Å². The fourth-order valence-electron chi connectivity index (χ4n) is 2.45. The van der Waals surface area contributed by atoms with Crippen molar-refractivity contribution >= 4 is 16.7 Å². The Morgan fingerprint density at radius 3 is 2.10 bits per heavy atom. The van der Waals surface area contributed by atoms with Gasteiger partial charge >= 0.3 is 11.4 Å². The Hall–Kier alpha value is -2.11. The fraction of sp³-hybridized carbons (Fsp3) is 0.500. The number of rotatable bonds is 4. The van der Waals surface area contributed by atoms with Crippen LogP contribution < -0.4 is 5.69 Å². The van der Waals surface area contributed by atoms with Crippen LogP contribution in [0.4, 0.5) is 5.69 Å². The van der Waals surface area contributed by atoms with Gasteiger partial charge in [0, 0.05) is 24.2 Å². The van der Waals surface area contributed by atoms with Gasteiger partial charge in [-0.3, -0.25) is 9.13 Å². The molecule has 0 saturated heterocycles. The minimum Gasteiger partial charge on any atom is -0.289 e. The van der Waals surface area contributed by atoms with Gasteiger partial charge in [0.1, 0.15) is 0 Å². The van der Waals surface area contributed by atoms with E-state index in [1.807, 2.05) is 27.7 Å². The highest BCUT2D eigenvalue weighted by molar-refractivity contribution is 5.79. The summed E-state index contributed by atoms with van der Waals surface area (Å²) in [5.41, 5.74) is 1.88. The highest BCUT2D eigenvalue weighted by Gasteiger charge is 2.22. The zero-order valence-electron chi connectivity index (χ0n) is 12.5. The molecule has 0 atom stereocenters. The molecule has 108 valence electrons. The zero-order valence-corrected chi connectivity index (χ0v) is 12.5. The average molecular weight is 278 g/mol. The third kappa shape index (κ3) is 2.11. The molecule has 0 aliphatic carbocycles. The Morgan fingerprint density at radius 1 is 1.05 bits per heavy atom. The standard InChI is InChI=1S/C14H20N3O3/c1-9(2)15-12-7-6-11(17(19)20-5)8-13(12)16(10(3)4)14(15)18/h6-10H,1-5H3/q+1. The first-order valence-electron chi connectivity index (χ1n) is 6.66. The molecule has 20 heavy (non-hydrogen) atoms. The van der Waals surface area contributed by atoms with Crippen molar-refractivity contribution < 1.29 is 9.76 Å². The van der Waals surface area contributed by atoms with Crippen molar-refractivity contribution in [1.29, 1.82) is 0 Å². The van der Waals surface area contributed by atoms with E-state index in [9.17, 15) is 9.70 Å². The number of imidazole rings is 1. The Kier molecular flexibility index (Phi) is 3.65. The lowest BCUT2D eigenvalue weighted by Crippen LogP contribution is -2.26. The van der Waals surface area contributed by atoms with Gasteiger partial charge in [0.15, 0.2) is 7.11 Å². The number of nitrogens with zero attached hydrogens (tertiary/aromatic N) is 3. The lowest BCUT2D eigenvalue weighted by molar-refractivity contribution is -0.736. The Balaban J connectivity index is 2.84. The minimum absolute atomic E-state index is 0.0166. The quantitative estimate of drug-likeness (QED) is 0.808. The maximum Gasteiger partial charge on any atom is 0.329 e. The van der Waals surface area contributed by atoms with Crippen LogP contribution in [0.3, 0.4) is 0 Å². The Morgan fingerprint density at radius 2 is 1.60 bits per heavy atom. The summed E-state index contributed by atoms with van der Waals surface area (Å²) in [7, 11) is 1.31. The van der Waals surface area contributed by atoms with Gasteiger partial charge in [0.25, 0.3) is 4.92 Å². The van der Waals surface area contributed by atoms with E-state index in [1.165, 1.54) is 7.11 Å². The molecular weight excluding hydrogens is 258 g/mol. The zero-order chi connectivity index (χ0) is 15.0. The van der Waals surface area contributed by atoms with E-state index in [0.717, 1.165) is 11.0 Å². The van der Waals surface area contributed by atoms with Crippen molar-refractivity contribution in [3.8, 4) is 0 Å². The van der Waals surface area contributed by atoms with E-state index >= 15 is 0 Å². The molecule has 0 radical (unpaired) electrons. The summed E-state index contributed by atoms with van der Waals surface area (Å²) in [4.78, 5) is 29.2. The summed E-state index contributed by atoms with van der Waals surface area (Å²) in [5.74, 6) is 0. The minimum atomic E-state index is -0.0583. The summed E-state index contributed by atoms with van der Waals surface area (Å²) in [6, 6.07) is 5.20. The van der Waals surface area contributed by atoms with Gasteiger partial charge in [-0.15, -0.1) is 0 Å². The van der Waals surface area contributed by atoms with Gasteiger partial charge in [-0.2, -0.15) is 0 Å². The second-order valence-electron chi connectivity index (χ2n) is 5.32. The van der Waals surface area contributed by atoms with Crippen LogP contribution in [0.1, 0.15) is 39.8 Å². The number of aromatic nitrogens is 2. The summed E-state index contributed by atoms with van der Waals surface area (Å²) in [6.45, 7) is 7.83. The lowest BCUT2D eigenvalue weighted by atomic mass is 10.2. The van der Waals surface area contributed by atoms with E-state index < -0.39 is 0 Å². The van der Waals surface area contributed by atoms with E-state index in [0.29, 0.717) is 10.6 Å². The van der Waals surface area contributed by atoms with Crippen LogP contribution in [0.2, 0.25) is 0 Å². The molecule has 6 heteroatoms. The molecule has 2 rings (SSSR count). The van der Waals surface area contributed by atoms with Crippen molar-refractivity contribution in [1.82, 2.24) is 9.13 Å². The summed E-state index contributed by atoms with van der Waals surface area (Å²) < 4.78 is 3.43. The second-order valence-corrected chi connectivity index (χ2v) is 5.32. The molecule has 1 heterocycles. The first-order valence-corrected chi connectivity index (χ1v) is 6.66. The van der Waals surface area contributed by atoms with Crippen LogP contribution in [0, 0.1) is 4.91 Å². The Labute approximate surface area is 117 Å². The van der Waals surface area contributed by atoms with Crippen LogP contribution in [0.25, 0.3) is 11.0 Å². The second kappa shape index (κ2) is 5.11. The third-order valence-corrected chi connectivity index (χ3v) is 3.30. The first-order chi connectivity index (χ1) is 9.38. The first kappa shape index (κ1) is 14.3. The molecule has 0 unspecified atom stereocenters. The monoisotopic (exact) mass is 278 g/mol. The normalized spacial score (nSPS) is 11.6. The molecule has 0 fully saturated rings. The summed E-state index contributed by atoms with van der Waals surface area (Å²) in [6.07, 6.45) is 0. The van der Waals surface area contributed by atoms with Crippen LogP contribution in [-0.2, 0) is 4.84 Å². The van der Waals surface area contributed by atoms with Gasteiger partial charge in [-0.05, 0) is 33.8 Å². The van der Waals surface area contributed by atoms with Gasteiger partial charge in [0.2, 0.25) is 0 Å². The predicted octanol–water partition coefficient (Wildman–Crippen LogP) is 2.94. The highest BCUT2D eigenvalue weighted by Crippen LogP contribution is 2.24. The summed E-state index contributed by atoms with van der Waals surface area (Å²) in [5, 5.41) is 0. The molecule has 0 aliphatic heterocycles. The van der Waals surface area contributed by atoms with Gasteiger partial charge in [-0.25, -0.2) is 9.63 Å². The molecular formula is C14H20N3O3+. The molecule has 0 bridgehead atoms. The maximum atomic E-state index is 12.5. The molecule has 6 nitrogen and oxygen atoms in total.